The maximum atomic E-state index is 10.6. The van der Waals surface area contributed by atoms with Crippen molar-refractivity contribution in [2.75, 3.05) is 0 Å². The van der Waals surface area contributed by atoms with E-state index in [0.29, 0.717) is 0 Å². The van der Waals surface area contributed by atoms with Gasteiger partial charge in [0.25, 0.3) is 0 Å². The molecule has 19 heavy (non-hydrogen) atoms. The minimum absolute atomic E-state index is 0.678. The smallest absolute Gasteiger partial charge is 0.108 e. The molecule has 3 aromatic rings. The van der Waals surface area contributed by atoms with Crippen LogP contribution in [0.5, 0.6) is 0 Å². The third-order valence-corrected chi connectivity index (χ3v) is 3.37. The van der Waals surface area contributed by atoms with Crippen molar-refractivity contribution in [1.29, 1.82) is 0 Å². The molecule has 0 aliphatic carbocycles. The molecular weight excluding hydrogens is 238 g/mol. The first kappa shape index (κ1) is 11.9. The fraction of sp³-hybridized carbons (Fsp3) is 0.200. The molecule has 4 heteroatoms. The minimum atomic E-state index is -0.678. The van der Waals surface area contributed by atoms with Crippen molar-refractivity contribution >= 4 is 5.52 Å². The lowest BCUT2D eigenvalue weighted by Crippen LogP contribution is -2.02. The fourth-order valence-corrected chi connectivity index (χ4v) is 2.36. The van der Waals surface area contributed by atoms with Crippen LogP contribution in [-0.4, -0.2) is 19.7 Å². The Balaban J connectivity index is 2.10. The highest BCUT2D eigenvalue weighted by Crippen LogP contribution is 2.27. The summed E-state index contributed by atoms with van der Waals surface area (Å²) in [6.07, 6.45) is 6.18. The van der Waals surface area contributed by atoms with Crippen LogP contribution in [0.3, 0.4) is 0 Å². The van der Waals surface area contributed by atoms with Crippen LogP contribution in [0.4, 0.5) is 0 Å². The Morgan fingerprint density at radius 2 is 2.00 bits per heavy atom. The molecule has 0 saturated heterocycles. The van der Waals surface area contributed by atoms with E-state index in [-0.39, 0.29) is 0 Å². The van der Waals surface area contributed by atoms with Crippen LogP contribution in [0.25, 0.3) is 5.52 Å². The van der Waals surface area contributed by atoms with Crippen molar-refractivity contribution in [3.63, 3.8) is 0 Å². The van der Waals surface area contributed by atoms with Gasteiger partial charge in [0.15, 0.2) is 0 Å². The van der Waals surface area contributed by atoms with Gasteiger partial charge in [-0.1, -0.05) is 23.8 Å². The molecule has 2 heterocycles. The second kappa shape index (κ2) is 4.48. The van der Waals surface area contributed by atoms with Gasteiger partial charge in [0, 0.05) is 18.0 Å². The lowest BCUT2D eigenvalue weighted by Gasteiger charge is -2.13. The molecule has 0 fully saturated rings. The number of benzene rings is 1. The number of hydrogen-bond acceptors (Lipinski definition) is 3. The summed E-state index contributed by atoms with van der Waals surface area (Å²) >= 11 is 0. The highest BCUT2D eigenvalue weighted by Gasteiger charge is 2.17. The Hall–Kier alpha value is -2.20. The highest BCUT2D eigenvalue weighted by atomic mass is 16.3. The molecule has 96 valence electrons. The topological polar surface area (TPSA) is 50.4 Å². The zero-order chi connectivity index (χ0) is 13.4. The first-order valence-corrected chi connectivity index (χ1v) is 6.19. The number of aromatic nitrogens is 3. The third kappa shape index (κ3) is 2.00. The quantitative estimate of drug-likeness (QED) is 0.763. The first-order valence-electron chi connectivity index (χ1n) is 6.19. The zero-order valence-electron chi connectivity index (χ0n) is 10.9. The van der Waals surface area contributed by atoms with Crippen LogP contribution < -0.4 is 0 Å². The summed E-state index contributed by atoms with van der Waals surface area (Å²) in [6, 6.07) is 6.05. The van der Waals surface area contributed by atoms with Crippen LogP contribution in [0.15, 0.2) is 43.0 Å². The number of aliphatic hydroxyl groups is 1. The molecule has 0 radical (unpaired) electrons. The predicted molar refractivity (Wildman–Crippen MR) is 73.0 cm³/mol. The van der Waals surface area contributed by atoms with E-state index in [1.165, 1.54) is 5.56 Å². The van der Waals surface area contributed by atoms with E-state index >= 15 is 0 Å². The Morgan fingerprint density at radius 3 is 2.79 bits per heavy atom. The van der Waals surface area contributed by atoms with Crippen LogP contribution in [0.2, 0.25) is 0 Å². The highest BCUT2D eigenvalue weighted by molar-refractivity contribution is 5.55. The largest absolute Gasteiger partial charge is 0.384 e. The van der Waals surface area contributed by atoms with Gasteiger partial charge >= 0.3 is 0 Å². The Morgan fingerprint density at radius 1 is 1.16 bits per heavy atom. The van der Waals surface area contributed by atoms with Crippen LogP contribution in [0, 0.1) is 13.8 Å². The van der Waals surface area contributed by atoms with Gasteiger partial charge < -0.3 is 5.11 Å². The van der Waals surface area contributed by atoms with Gasteiger partial charge in [-0.25, -0.2) is 4.52 Å². The van der Waals surface area contributed by atoms with Crippen molar-refractivity contribution < 1.29 is 5.11 Å². The number of fused-ring (bicyclic) bond motifs is 1. The normalized spacial score (nSPS) is 12.8. The Bertz CT molecular complexity index is 733. The average Bonchev–Trinajstić information content (AvgIpc) is 2.82. The monoisotopic (exact) mass is 253 g/mol. The summed E-state index contributed by atoms with van der Waals surface area (Å²) in [5.74, 6) is 0. The van der Waals surface area contributed by atoms with Gasteiger partial charge in [-0.3, -0.25) is 4.98 Å². The first-order chi connectivity index (χ1) is 9.16. The van der Waals surface area contributed by atoms with E-state index in [9.17, 15) is 5.11 Å². The number of hydrogen-bond donors (Lipinski definition) is 1. The van der Waals surface area contributed by atoms with Gasteiger partial charge in [0.2, 0.25) is 0 Å². The van der Waals surface area contributed by atoms with E-state index in [4.69, 9.17) is 0 Å². The number of nitrogens with zero attached hydrogens (tertiary/aromatic N) is 3. The predicted octanol–water partition coefficient (Wildman–Crippen LogP) is 2.43. The number of aryl methyl sites for hydroxylation is 2. The second-order valence-corrected chi connectivity index (χ2v) is 4.77. The molecule has 0 amide bonds. The number of rotatable bonds is 2. The number of aliphatic hydroxyl groups excluding tert-OH is 1. The summed E-state index contributed by atoms with van der Waals surface area (Å²) in [7, 11) is 0. The van der Waals surface area contributed by atoms with Crippen LogP contribution in [0.1, 0.15) is 28.4 Å². The van der Waals surface area contributed by atoms with Crippen molar-refractivity contribution in [3.8, 4) is 0 Å². The van der Waals surface area contributed by atoms with Gasteiger partial charge in [-0.15, -0.1) is 0 Å². The molecule has 4 nitrogen and oxygen atoms in total. The lowest BCUT2D eigenvalue weighted by molar-refractivity contribution is 0.221. The van der Waals surface area contributed by atoms with Gasteiger partial charge in [-0.2, -0.15) is 5.10 Å². The zero-order valence-corrected chi connectivity index (χ0v) is 10.9. The van der Waals surface area contributed by atoms with E-state index in [1.54, 1.807) is 29.3 Å². The molecule has 0 bridgehead atoms. The summed E-state index contributed by atoms with van der Waals surface area (Å²) in [4.78, 5) is 4.09. The van der Waals surface area contributed by atoms with Gasteiger partial charge in [-0.05, 0) is 25.0 Å². The molecule has 0 spiro atoms. The maximum absolute atomic E-state index is 10.6. The standard InChI is InChI=1S/C15H15N3O/c1-10-3-4-12(11(2)7-10)15(19)13-8-17-18-6-5-16-9-14(13)18/h3-9,15,19H,1-2H3. The van der Waals surface area contributed by atoms with Crippen LogP contribution >= 0.6 is 0 Å². The van der Waals surface area contributed by atoms with E-state index in [2.05, 4.69) is 16.1 Å². The average molecular weight is 253 g/mol. The summed E-state index contributed by atoms with van der Waals surface area (Å²) < 4.78 is 1.72. The second-order valence-electron chi connectivity index (χ2n) is 4.77. The molecule has 1 atom stereocenters. The van der Waals surface area contributed by atoms with E-state index < -0.39 is 6.10 Å². The molecule has 1 aromatic carbocycles. The minimum Gasteiger partial charge on any atom is -0.384 e. The van der Waals surface area contributed by atoms with Gasteiger partial charge in [0.1, 0.15) is 6.10 Å². The van der Waals surface area contributed by atoms with E-state index in [1.807, 2.05) is 26.0 Å². The Labute approximate surface area is 111 Å². The summed E-state index contributed by atoms with van der Waals surface area (Å²) in [5.41, 5.74) is 4.78. The van der Waals surface area contributed by atoms with Crippen molar-refractivity contribution in [2.24, 2.45) is 0 Å². The maximum Gasteiger partial charge on any atom is 0.108 e. The van der Waals surface area contributed by atoms with Crippen molar-refractivity contribution in [2.45, 2.75) is 20.0 Å². The van der Waals surface area contributed by atoms with E-state index in [0.717, 1.165) is 22.2 Å². The molecule has 1 unspecified atom stereocenters. The molecule has 2 aromatic heterocycles. The Kier molecular flexibility index (Phi) is 2.80. The fourth-order valence-electron chi connectivity index (χ4n) is 2.36. The molecule has 3 rings (SSSR count). The molecule has 0 saturated carbocycles. The van der Waals surface area contributed by atoms with Gasteiger partial charge in [0.05, 0.1) is 17.9 Å². The van der Waals surface area contributed by atoms with Crippen molar-refractivity contribution in [1.82, 2.24) is 14.6 Å². The molecule has 0 aliphatic heterocycles. The lowest BCUT2D eigenvalue weighted by atomic mass is 9.97. The SMILES string of the molecule is Cc1ccc(C(O)c2cnn3ccncc23)c(C)c1. The molecule has 0 aliphatic rings. The third-order valence-electron chi connectivity index (χ3n) is 3.37. The summed E-state index contributed by atoms with van der Waals surface area (Å²) in [6.45, 7) is 4.05. The van der Waals surface area contributed by atoms with Crippen molar-refractivity contribution in [3.05, 3.63) is 65.2 Å². The molecule has 1 N–H and O–H groups in total. The van der Waals surface area contributed by atoms with Crippen LogP contribution in [-0.2, 0) is 0 Å². The summed E-state index contributed by atoms with van der Waals surface area (Å²) in [5, 5.41) is 14.8. The molecular formula is C15H15N3O.